The van der Waals surface area contributed by atoms with Crippen LogP contribution in [0.25, 0.3) is 0 Å². The Bertz CT molecular complexity index is 187. The lowest BCUT2D eigenvalue weighted by Gasteiger charge is -2.11. The summed E-state index contributed by atoms with van der Waals surface area (Å²) in [6, 6.07) is 0. The second kappa shape index (κ2) is 7.54. The Morgan fingerprint density at radius 2 is 1.93 bits per heavy atom. The van der Waals surface area contributed by atoms with Crippen LogP contribution in [0.5, 0.6) is 0 Å². The molecular formula is C11H20O3. The van der Waals surface area contributed by atoms with Crippen molar-refractivity contribution in [3.05, 3.63) is 0 Å². The average Bonchev–Trinajstić information content (AvgIpc) is 2.22. The SMILES string of the molecule is CCCCC(CC)CC(=O)C(=O)OC. The molecule has 0 amide bonds. The van der Waals surface area contributed by atoms with Gasteiger partial charge >= 0.3 is 5.97 Å². The number of ketones is 1. The summed E-state index contributed by atoms with van der Waals surface area (Å²) in [4.78, 5) is 22.1. The molecular weight excluding hydrogens is 180 g/mol. The highest BCUT2D eigenvalue weighted by atomic mass is 16.5. The normalized spacial score (nSPS) is 12.2. The van der Waals surface area contributed by atoms with Crippen molar-refractivity contribution < 1.29 is 14.3 Å². The Morgan fingerprint density at radius 3 is 2.36 bits per heavy atom. The molecule has 0 saturated carbocycles. The molecule has 82 valence electrons. The van der Waals surface area contributed by atoms with Gasteiger partial charge in [0, 0.05) is 6.42 Å². The number of rotatable bonds is 7. The minimum absolute atomic E-state index is 0.335. The number of unbranched alkanes of at least 4 members (excludes halogenated alkanes) is 1. The van der Waals surface area contributed by atoms with E-state index in [0.29, 0.717) is 12.3 Å². The summed E-state index contributed by atoms with van der Waals surface area (Å²) >= 11 is 0. The second-order valence-electron chi connectivity index (χ2n) is 3.54. The van der Waals surface area contributed by atoms with E-state index < -0.39 is 11.8 Å². The third-order valence-corrected chi connectivity index (χ3v) is 2.43. The molecule has 0 spiro atoms. The van der Waals surface area contributed by atoms with Crippen molar-refractivity contribution in [2.24, 2.45) is 5.92 Å². The minimum atomic E-state index is -0.708. The van der Waals surface area contributed by atoms with Gasteiger partial charge in [-0.25, -0.2) is 4.79 Å². The molecule has 3 nitrogen and oxygen atoms in total. The van der Waals surface area contributed by atoms with Gasteiger partial charge in [-0.15, -0.1) is 0 Å². The van der Waals surface area contributed by atoms with Crippen LogP contribution in [0.3, 0.4) is 0 Å². The Kier molecular flexibility index (Phi) is 7.07. The number of carbonyl (C=O) groups is 2. The highest BCUT2D eigenvalue weighted by molar-refractivity contribution is 6.33. The molecule has 0 radical (unpaired) electrons. The molecule has 0 bridgehead atoms. The van der Waals surface area contributed by atoms with Crippen molar-refractivity contribution in [2.75, 3.05) is 7.11 Å². The van der Waals surface area contributed by atoms with Gasteiger partial charge in [0.2, 0.25) is 5.78 Å². The fourth-order valence-corrected chi connectivity index (χ4v) is 1.40. The predicted molar refractivity (Wildman–Crippen MR) is 54.9 cm³/mol. The predicted octanol–water partition coefficient (Wildman–Crippen LogP) is 2.33. The smallest absolute Gasteiger partial charge is 0.374 e. The van der Waals surface area contributed by atoms with Crippen LogP contribution in [-0.4, -0.2) is 18.9 Å². The summed E-state index contributed by atoms with van der Waals surface area (Å²) in [5.41, 5.74) is 0. The van der Waals surface area contributed by atoms with Gasteiger partial charge < -0.3 is 4.74 Å². The molecule has 0 heterocycles. The van der Waals surface area contributed by atoms with Crippen molar-refractivity contribution >= 4 is 11.8 Å². The summed E-state index contributed by atoms with van der Waals surface area (Å²) in [5.74, 6) is -0.767. The Morgan fingerprint density at radius 1 is 1.29 bits per heavy atom. The molecule has 0 rings (SSSR count). The zero-order chi connectivity index (χ0) is 11.0. The minimum Gasteiger partial charge on any atom is -0.463 e. The second-order valence-corrected chi connectivity index (χ2v) is 3.54. The first kappa shape index (κ1) is 13.1. The van der Waals surface area contributed by atoms with Crippen molar-refractivity contribution in [3.63, 3.8) is 0 Å². The van der Waals surface area contributed by atoms with Gasteiger partial charge in [0.25, 0.3) is 0 Å². The van der Waals surface area contributed by atoms with E-state index in [1.807, 2.05) is 6.92 Å². The van der Waals surface area contributed by atoms with Gasteiger partial charge in [-0.3, -0.25) is 4.79 Å². The van der Waals surface area contributed by atoms with Crippen LogP contribution in [0.1, 0.15) is 46.0 Å². The van der Waals surface area contributed by atoms with Crippen LogP contribution in [0, 0.1) is 5.92 Å². The molecule has 1 unspecified atom stereocenters. The van der Waals surface area contributed by atoms with Crippen LogP contribution < -0.4 is 0 Å². The van der Waals surface area contributed by atoms with Crippen LogP contribution in [0.2, 0.25) is 0 Å². The lowest BCUT2D eigenvalue weighted by molar-refractivity contribution is -0.152. The van der Waals surface area contributed by atoms with Crippen LogP contribution >= 0.6 is 0 Å². The molecule has 0 aromatic heterocycles. The number of carbonyl (C=O) groups excluding carboxylic acids is 2. The topological polar surface area (TPSA) is 43.4 Å². The maximum Gasteiger partial charge on any atom is 0.374 e. The summed E-state index contributed by atoms with van der Waals surface area (Å²) in [5, 5.41) is 0. The van der Waals surface area contributed by atoms with Crippen molar-refractivity contribution in [1.29, 1.82) is 0 Å². The Hall–Kier alpha value is -0.860. The van der Waals surface area contributed by atoms with Crippen LogP contribution in [0.15, 0.2) is 0 Å². The molecule has 0 aliphatic carbocycles. The molecule has 0 aromatic rings. The van der Waals surface area contributed by atoms with Crippen molar-refractivity contribution in [2.45, 2.75) is 46.0 Å². The van der Waals surface area contributed by atoms with Gasteiger partial charge in [-0.05, 0) is 5.92 Å². The summed E-state index contributed by atoms with van der Waals surface area (Å²) in [6.07, 6.45) is 4.55. The van der Waals surface area contributed by atoms with Gasteiger partial charge in [-0.2, -0.15) is 0 Å². The number of methoxy groups -OCH3 is 1. The first-order valence-electron chi connectivity index (χ1n) is 5.26. The molecule has 0 aliphatic rings. The van der Waals surface area contributed by atoms with Crippen molar-refractivity contribution in [3.8, 4) is 0 Å². The Labute approximate surface area is 85.8 Å². The third kappa shape index (κ3) is 5.00. The highest BCUT2D eigenvalue weighted by Gasteiger charge is 2.18. The van der Waals surface area contributed by atoms with E-state index >= 15 is 0 Å². The van der Waals surface area contributed by atoms with E-state index in [1.165, 1.54) is 7.11 Å². The van der Waals surface area contributed by atoms with E-state index in [1.54, 1.807) is 0 Å². The highest BCUT2D eigenvalue weighted by Crippen LogP contribution is 2.16. The van der Waals surface area contributed by atoms with Gasteiger partial charge in [-0.1, -0.05) is 39.5 Å². The van der Waals surface area contributed by atoms with Crippen molar-refractivity contribution in [1.82, 2.24) is 0 Å². The average molecular weight is 200 g/mol. The number of Topliss-reactive ketones (excluding diaryl/α,β-unsaturated/α-hetero) is 1. The lowest BCUT2D eigenvalue weighted by Crippen LogP contribution is -2.19. The van der Waals surface area contributed by atoms with Gasteiger partial charge in [0.1, 0.15) is 0 Å². The maximum absolute atomic E-state index is 11.2. The molecule has 1 atom stereocenters. The van der Waals surface area contributed by atoms with E-state index in [-0.39, 0.29) is 0 Å². The van der Waals surface area contributed by atoms with E-state index in [0.717, 1.165) is 25.7 Å². The number of hydrogen-bond acceptors (Lipinski definition) is 3. The van der Waals surface area contributed by atoms with Crippen LogP contribution in [-0.2, 0) is 14.3 Å². The number of hydrogen-bond donors (Lipinski definition) is 0. The maximum atomic E-state index is 11.2. The van der Waals surface area contributed by atoms with E-state index in [4.69, 9.17) is 0 Å². The molecule has 0 aliphatic heterocycles. The van der Waals surface area contributed by atoms with Gasteiger partial charge in [0.05, 0.1) is 7.11 Å². The summed E-state index contributed by atoms with van der Waals surface area (Å²) in [6.45, 7) is 4.17. The number of ether oxygens (including phenoxy) is 1. The summed E-state index contributed by atoms with van der Waals surface area (Å²) < 4.78 is 4.37. The molecule has 14 heavy (non-hydrogen) atoms. The molecule has 0 aromatic carbocycles. The molecule has 3 heteroatoms. The van der Waals surface area contributed by atoms with Crippen LogP contribution in [0.4, 0.5) is 0 Å². The number of esters is 1. The largest absolute Gasteiger partial charge is 0.463 e. The zero-order valence-electron chi connectivity index (χ0n) is 9.34. The molecule has 0 saturated heterocycles. The monoisotopic (exact) mass is 200 g/mol. The first-order valence-corrected chi connectivity index (χ1v) is 5.26. The Balaban J connectivity index is 3.91. The van der Waals surface area contributed by atoms with E-state index in [2.05, 4.69) is 11.7 Å². The molecule has 0 N–H and O–H groups in total. The lowest BCUT2D eigenvalue weighted by atomic mass is 9.94. The fourth-order valence-electron chi connectivity index (χ4n) is 1.40. The fraction of sp³-hybridized carbons (Fsp3) is 0.818. The van der Waals surface area contributed by atoms with Gasteiger partial charge in [0.15, 0.2) is 0 Å². The quantitative estimate of drug-likeness (QED) is 0.468. The zero-order valence-corrected chi connectivity index (χ0v) is 9.34. The first-order chi connectivity index (χ1) is 6.65. The standard InChI is InChI=1S/C11H20O3/c1-4-6-7-9(5-2)8-10(12)11(13)14-3/h9H,4-8H2,1-3H3. The third-order valence-electron chi connectivity index (χ3n) is 2.43. The molecule has 0 fully saturated rings. The van der Waals surface area contributed by atoms with E-state index in [9.17, 15) is 9.59 Å². The summed E-state index contributed by atoms with van der Waals surface area (Å²) in [7, 11) is 1.24.